The van der Waals surface area contributed by atoms with E-state index in [0.29, 0.717) is 30.7 Å². The maximum absolute atomic E-state index is 15.8. The number of aromatic nitrogens is 1. The van der Waals surface area contributed by atoms with E-state index in [4.69, 9.17) is 0 Å². The smallest absolute Gasteiger partial charge is 0.348 e. The van der Waals surface area contributed by atoms with Gasteiger partial charge in [0.2, 0.25) is 5.91 Å². The molecule has 4 rings (SSSR count). The molecule has 0 fully saturated rings. The Morgan fingerprint density at radius 3 is 2.37 bits per heavy atom. The first-order chi connectivity index (χ1) is 16.4. The number of fused-ring (bicyclic) bond motifs is 1. The van der Waals surface area contributed by atoms with Crippen molar-refractivity contribution in [1.82, 2.24) is 14.8 Å². The van der Waals surface area contributed by atoms with Crippen molar-refractivity contribution < 1.29 is 31.5 Å². The highest BCUT2D eigenvalue weighted by molar-refractivity contribution is 6.05. The summed E-state index contributed by atoms with van der Waals surface area (Å²) in [4.78, 5) is 29.8. The van der Waals surface area contributed by atoms with Crippen molar-refractivity contribution in [3.05, 3.63) is 64.9 Å². The van der Waals surface area contributed by atoms with Crippen LogP contribution in [0.2, 0.25) is 0 Å². The van der Waals surface area contributed by atoms with E-state index in [2.05, 4.69) is 4.98 Å². The lowest BCUT2D eigenvalue weighted by Gasteiger charge is -2.27. The summed E-state index contributed by atoms with van der Waals surface area (Å²) >= 11 is 0. The van der Waals surface area contributed by atoms with Crippen LogP contribution in [0, 0.1) is 11.6 Å². The first kappa shape index (κ1) is 24.4. The Kier molecular flexibility index (Phi) is 6.16. The molecule has 0 spiro atoms. The Bertz CT molecular complexity index is 1370. The molecule has 2 amide bonds. The van der Waals surface area contributed by atoms with E-state index in [0.717, 1.165) is 6.07 Å². The van der Waals surface area contributed by atoms with Crippen molar-refractivity contribution in [1.29, 1.82) is 0 Å². The van der Waals surface area contributed by atoms with Crippen LogP contribution in [0.25, 0.3) is 27.6 Å². The molecule has 1 aromatic heterocycles. The molecule has 10 heteroatoms. The Hall–Kier alpha value is -3.69. The second kappa shape index (κ2) is 8.83. The number of hydrogen-bond donors (Lipinski definition) is 1. The number of carbonyl (C=O) groups is 2. The van der Waals surface area contributed by atoms with Gasteiger partial charge in [-0.1, -0.05) is 6.08 Å². The fraction of sp³-hybridized carbons (Fsp3) is 0.280. The molecule has 1 aliphatic rings. The molecule has 0 aliphatic carbocycles. The molecule has 0 unspecified atom stereocenters. The molecule has 0 bridgehead atoms. The Morgan fingerprint density at radius 1 is 1.03 bits per heavy atom. The molecule has 5 nitrogen and oxygen atoms in total. The number of alkyl halides is 3. The van der Waals surface area contributed by atoms with Gasteiger partial charge in [-0.15, -0.1) is 0 Å². The van der Waals surface area contributed by atoms with Gasteiger partial charge in [0.25, 0.3) is 5.91 Å². The summed E-state index contributed by atoms with van der Waals surface area (Å²) in [5.74, 6) is -2.40. The van der Waals surface area contributed by atoms with E-state index in [1.165, 1.54) is 43.0 Å². The number of benzene rings is 2. The number of halogens is 5. The standard InChI is InChI=1S/C25H22F5N3O2/c1-13(34)33-8-4-5-14(12-33)16-10-17(18-9-15(26)6-7-20(18)25(28,29)30)19-11-21(24(35)32(2)3)31-23(19)22(16)27/h5-7,9-11,31H,4,8,12H2,1-3H3. The van der Waals surface area contributed by atoms with Crippen LogP contribution in [-0.2, 0) is 11.0 Å². The lowest BCUT2D eigenvalue weighted by Crippen LogP contribution is -2.33. The molecular formula is C25H22F5N3O2. The van der Waals surface area contributed by atoms with Gasteiger partial charge in [0, 0.05) is 45.1 Å². The molecule has 1 N–H and O–H groups in total. The SMILES string of the molecule is CC(=O)N1CCC=C(c2cc(-c3cc(F)ccc3C(F)(F)F)c3cc(C(=O)N(C)C)[nH]c3c2F)C1. The molecule has 3 aromatic rings. The van der Waals surface area contributed by atoms with E-state index in [1.54, 1.807) is 6.08 Å². The number of nitrogens with one attached hydrogen (secondary N) is 1. The summed E-state index contributed by atoms with van der Waals surface area (Å²) in [6, 6.07) is 4.59. The minimum Gasteiger partial charge on any atom is -0.348 e. The summed E-state index contributed by atoms with van der Waals surface area (Å²) < 4.78 is 71.5. The Balaban J connectivity index is 2.04. The van der Waals surface area contributed by atoms with Gasteiger partial charge in [-0.3, -0.25) is 9.59 Å². The molecule has 1 aliphatic heterocycles. The van der Waals surface area contributed by atoms with Crippen molar-refractivity contribution >= 4 is 28.3 Å². The van der Waals surface area contributed by atoms with Gasteiger partial charge in [0.15, 0.2) is 5.82 Å². The lowest BCUT2D eigenvalue weighted by molar-refractivity contribution is -0.137. The number of hydrogen-bond acceptors (Lipinski definition) is 2. The summed E-state index contributed by atoms with van der Waals surface area (Å²) in [6.45, 7) is 1.87. The monoisotopic (exact) mass is 491 g/mol. The third kappa shape index (κ3) is 4.52. The van der Waals surface area contributed by atoms with Gasteiger partial charge in [0.1, 0.15) is 11.5 Å². The summed E-state index contributed by atoms with van der Waals surface area (Å²) in [6.07, 6.45) is -2.65. The first-order valence-corrected chi connectivity index (χ1v) is 10.8. The topological polar surface area (TPSA) is 56.4 Å². The highest BCUT2D eigenvalue weighted by Crippen LogP contribution is 2.42. The zero-order valence-corrected chi connectivity index (χ0v) is 19.2. The van der Waals surface area contributed by atoms with Gasteiger partial charge in [-0.25, -0.2) is 8.78 Å². The number of carbonyl (C=O) groups excluding carboxylic acids is 2. The summed E-state index contributed by atoms with van der Waals surface area (Å²) in [5, 5.41) is 0.00684. The van der Waals surface area contributed by atoms with Gasteiger partial charge in [-0.2, -0.15) is 13.2 Å². The molecule has 0 saturated carbocycles. The Labute approximate surface area is 197 Å². The van der Waals surface area contributed by atoms with E-state index < -0.39 is 34.8 Å². The fourth-order valence-electron chi connectivity index (χ4n) is 4.27. The fourth-order valence-corrected chi connectivity index (χ4v) is 4.27. The zero-order chi connectivity index (χ0) is 25.7. The maximum atomic E-state index is 15.8. The molecular weight excluding hydrogens is 469 g/mol. The minimum absolute atomic E-state index is 0.00684. The predicted octanol–water partition coefficient (Wildman–Crippen LogP) is 5.47. The van der Waals surface area contributed by atoms with Crippen molar-refractivity contribution in [2.45, 2.75) is 19.5 Å². The number of amides is 2. The van der Waals surface area contributed by atoms with Gasteiger partial charge in [-0.05, 0) is 53.5 Å². The van der Waals surface area contributed by atoms with Crippen molar-refractivity contribution in [3.63, 3.8) is 0 Å². The van der Waals surface area contributed by atoms with Crippen molar-refractivity contribution in [2.24, 2.45) is 0 Å². The molecule has 0 saturated heterocycles. The highest BCUT2D eigenvalue weighted by Gasteiger charge is 2.35. The van der Waals surface area contributed by atoms with Crippen LogP contribution < -0.4 is 0 Å². The van der Waals surface area contributed by atoms with Crippen LogP contribution in [0.3, 0.4) is 0 Å². The zero-order valence-electron chi connectivity index (χ0n) is 19.2. The lowest BCUT2D eigenvalue weighted by atomic mass is 9.91. The van der Waals surface area contributed by atoms with Crippen molar-refractivity contribution in [3.8, 4) is 11.1 Å². The van der Waals surface area contributed by atoms with Gasteiger partial charge in [0.05, 0.1) is 11.1 Å². The van der Waals surface area contributed by atoms with Crippen molar-refractivity contribution in [2.75, 3.05) is 27.2 Å². The van der Waals surface area contributed by atoms with E-state index >= 15 is 4.39 Å². The summed E-state index contributed by atoms with van der Waals surface area (Å²) in [7, 11) is 2.96. The van der Waals surface area contributed by atoms with Gasteiger partial charge >= 0.3 is 6.18 Å². The second-order valence-electron chi connectivity index (χ2n) is 8.60. The van der Waals surface area contributed by atoms with Crippen LogP contribution in [0.4, 0.5) is 22.0 Å². The van der Waals surface area contributed by atoms with Crippen LogP contribution in [0.15, 0.2) is 36.4 Å². The van der Waals surface area contributed by atoms with Crippen LogP contribution in [-0.4, -0.2) is 53.8 Å². The predicted molar refractivity (Wildman–Crippen MR) is 122 cm³/mol. The minimum atomic E-state index is -4.81. The van der Waals surface area contributed by atoms with Crippen LogP contribution >= 0.6 is 0 Å². The third-order valence-electron chi connectivity index (χ3n) is 6.01. The summed E-state index contributed by atoms with van der Waals surface area (Å²) in [5.41, 5.74) is -1.49. The van der Waals surface area contributed by atoms with E-state index in [-0.39, 0.29) is 40.2 Å². The normalized spacial score (nSPS) is 14.3. The second-order valence-corrected chi connectivity index (χ2v) is 8.60. The number of H-pyrrole nitrogens is 1. The largest absolute Gasteiger partial charge is 0.417 e. The van der Waals surface area contributed by atoms with E-state index in [1.807, 2.05) is 0 Å². The number of nitrogens with zero attached hydrogens (tertiary/aromatic N) is 2. The Morgan fingerprint density at radius 2 is 1.74 bits per heavy atom. The first-order valence-electron chi connectivity index (χ1n) is 10.8. The molecule has 184 valence electrons. The molecule has 2 aromatic carbocycles. The van der Waals surface area contributed by atoms with Crippen LogP contribution in [0.5, 0.6) is 0 Å². The number of rotatable bonds is 3. The maximum Gasteiger partial charge on any atom is 0.417 e. The van der Waals surface area contributed by atoms with Gasteiger partial charge < -0.3 is 14.8 Å². The average Bonchev–Trinajstić information content (AvgIpc) is 3.24. The third-order valence-corrected chi connectivity index (χ3v) is 6.01. The highest BCUT2D eigenvalue weighted by atomic mass is 19.4. The molecule has 0 radical (unpaired) electrons. The number of aromatic amines is 1. The van der Waals surface area contributed by atoms with E-state index in [9.17, 15) is 27.2 Å². The molecule has 0 atom stereocenters. The molecule has 35 heavy (non-hydrogen) atoms. The molecule has 2 heterocycles. The quantitative estimate of drug-likeness (QED) is 0.494. The van der Waals surface area contributed by atoms with Crippen LogP contribution in [0.1, 0.15) is 35.0 Å². The average molecular weight is 491 g/mol.